The molecule has 1 aliphatic rings. The Morgan fingerprint density at radius 1 is 1.38 bits per heavy atom. The van der Waals surface area contributed by atoms with Gasteiger partial charge in [-0.3, -0.25) is 4.79 Å². The van der Waals surface area contributed by atoms with Gasteiger partial charge in [-0.05, 0) is 23.6 Å². The number of carbonyl (C=O) groups excluding carboxylic acids is 1. The number of furan rings is 1. The molecule has 0 fully saturated rings. The third-order valence-corrected chi connectivity index (χ3v) is 4.19. The Kier molecular flexibility index (Phi) is 3.80. The van der Waals surface area contributed by atoms with E-state index in [4.69, 9.17) is 10.2 Å². The van der Waals surface area contributed by atoms with Crippen LogP contribution in [0.2, 0.25) is 0 Å². The average molecular weight is 284 g/mol. The molecule has 2 aromatic rings. The van der Waals surface area contributed by atoms with Crippen molar-refractivity contribution in [3.05, 3.63) is 59.0 Å². The second kappa shape index (κ2) is 5.74. The SMILES string of the molecule is CCc1occc1C(=O)N1CCc2ccccc2C1CN. The number of carbonyl (C=O) groups is 1. The summed E-state index contributed by atoms with van der Waals surface area (Å²) in [6.45, 7) is 3.12. The standard InChI is InChI=1S/C17H20N2O2/c1-2-16-14(8-10-21-16)17(20)19-9-7-12-5-3-4-6-13(12)15(19)11-18/h3-6,8,10,15H,2,7,9,11,18H2,1H3. The number of rotatable bonds is 3. The molecule has 0 bridgehead atoms. The molecule has 2 N–H and O–H groups in total. The lowest BCUT2D eigenvalue weighted by atomic mass is 9.92. The first-order valence-electron chi connectivity index (χ1n) is 7.41. The summed E-state index contributed by atoms with van der Waals surface area (Å²) in [6.07, 6.45) is 3.17. The van der Waals surface area contributed by atoms with Gasteiger partial charge in [-0.2, -0.15) is 0 Å². The Morgan fingerprint density at radius 2 is 2.19 bits per heavy atom. The molecule has 3 rings (SSSR count). The Bertz CT molecular complexity index is 648. The van der Waals surface area contributed by atoms with Crippen LogP contribution in [0.4, 0.5) is 0 Å². The van der Waals surface area contributed by atoms with Crippen LogP contribution in [0.5, 0.6) is 0 Å². The van der Waals surface area contributed by atoms with Crippen LogP contribution >= 0.6 is 0 Å². The first-order chi connectivity index (χ1) is 10.3. The predicted octanol–water partition coefficient (Wildman–Crippen LogP) is 2.54. The maximum Gasteiger partial charge on any atom is 0.257 e. The fourth-order valence-electron chi connectivity index (χ4n) is 3.11. The molecule has 21 heavy (non-hydrogen) atoms. The summed E-state index contributed by atoms with van der Waals surface area (Å²) >= 11 is 0. The second-order valence-corrected chi connectivity index (χ2v) is 5.31. The minimum Gasteiger partial charge on any atom is -0.469 e. The van der Waals surface area contributed by atoms with Crippen molar-refractivity contribution in [1.29, 1.82) is 0 Å². The Morgan fingerprint density at radius 3 is 2.95 bits per heavy atom. The molecule has 1 aromatic carbocycles. The van der Waals surface area contributed by atoms with E-state index < -0.39 is 0 Å². The van der Waals surface area contributed by atoms with Crippen molar-refractivity contribution in [2.75, 3.05) is 13.1 Å². The highest BCUT2D eigenvalue weighted by molar-refractivity contribution is 5.95. The summed E-state index contributed by atoms with van der Waals surface area (Å²) in [4.78, 5) is 14.7. The van der Waals surface area contributed by atoms with Gasteiger partial charge in [0.1, 0.15) is 5.76 Å². The molecule has 0 aliphatic carbocycles. The van der Waals surface area contributed by atoms with Crippen LogP contribution in [0.1, 0.15) is 40.2 Å². The molecule has 0 saturated carbocycles. The second-order valence-electron chi connectivity index (χ2n) is 5.31. The van der Waals surface area contributed by atoms with Gasteiger partial charge in [-0.15, -0.1) is 0 Å². The number of hydrogen-bond donors (Lipinski definition) is 1. The summed E-state index contributed by atoms with van der Waals surface area (Å²) < 4.78 is 5.39. The highest BCUT2D eigenvalue weighted by Gasteiger charge is 2.31. The van der Waals surface area contributed by atoms with Crippen LogP contribution in [-0.2, 0) is 12.8 Å². The van der Waals surface area contributed by atoms with Crippen LogP contribution < -0.4 is 5.73 Å². The molecule has 4 heteroatoms. The highest BCUT2D eigenvalue weighted by Crippen LogP contribution is 2.30. The third-order valence-electron chi connectivity index (χ3n) is 4.19. The van der Waals surface area contributed by atoms with Crippen molar-refractivity contribution < 1.29 is 9.21 Å². The van der Waals surface area contributed by atoms with E-state index in [0.29, 0.717) is 25.1 Å². The topological polar surface area (TPSA) is 59.5 Å². The highest BCUT2D eigenvalue weighted by atomic mass is 16.3. The van der Waals surface area contributed by atoms with E-state index >= 15 is 0 Å². The van der Waals surface area contributed by atoms with Crippen LogP contribution in [0.15, 0.2) is 41.0 Å². The van der Waals surface area contributed by atoms with Gasteiger partial charge in [0.2, 0.25) is 0 Å². The first kappa shape index (κ1) is 13.9. The molecule has 1 aromatic heterocycles. The van der Waals surface area contributed by atoms with Gasteiger partial charge in [-0.1, -0.05) is 31.2 Å². The van der Waals surface area contributed by atoms with E-state index in [1.165, 1.54) is 11.1 Å². The van der Waals surface area contributed by atoms with Crippen molar-refractivity contribution in [3.63, 3.8) is 0 Å². The van der Waals surface area contributed by atoms with Crippen LogP contribution in [0.3, 0.4) is 0 Å². The predicted molar refractivity (Wildman–Crippen MR) is 81.1 cm³/mol. The number of nitrogens with zero attached hydrogens (tertiary/aromatic N) is 1. The van der Waals surface area contributed by atoms with E-state index in [1.54, 1.807) is 12.3 Å². The monoisotopic (exact) mass is 284 g/mol. The molecule has 1 amide bonds. The van der Waals surface area contributed by atoms with Crippen molar-refractivity contribution in [2.45, 2.75) is 25.8 Å². The maximum absolute atomic E-state index is 12.8. The lowest BCUT2D eigenvalue weighted by Crippen LogP contribution is -2.43. The molecular formula is C17H20N2O2. The first-order valence-corrected chi connectivity index (χ1v) is 7.41. The molecule has 1 unspecified atom stereocenters. The van der Waals surface area contributed by atoms with Crippen LogP contribution in [-0.4, -0.2) is 23.9 Å². The van der Waals surface area contributed by atoms with E-state index in [2.05, 4.69) is 12.1 Å². The van der Waals surface area contributed by atoms with E-state index in [9.17, 15) is 4.79 Å². The van der Waals surface area contributed by atoms with Crippen molar-refractivity contribution in [1.82, 2.24) is 4.90 Å². The Hall–Kier alpha value is -2.07. The molecule has 110 valence electrons. The van der Waals surface area contributed by atoms with Crippen LogP contribution in [0, 0.1) is 0 Å². The summed E-state index contributed by atoms with van der Waals surface area (Å²) in [5.74, 6) is 0.764. The lowest BCUT2D eigenvalue weighted by Gasteiger charge is -2.36. The minimum absolute atomic E-state index is 0.0190. The van der Waals surface area contributed by atoms with Gasteiger partial charge in [0.15, 0.2) is 0 Å². The van der Waals surface area contributed by atoms with Gasteiger partial charge in [0.25, 0.3) is 5.91 Å². The zero-order chi connectivity index (χ0) is 14.8. The molecular weight excluding hydrogens is 264 g/mol. The fourth-order valence-corrected chi connectivity index (χ4v) is 3.11. The third kappa shape index (κ3) is 2.36. The normalized spacial score (nSPS) is 17.6. The molecule has 0 spiro atoms. The Balaban J connectivity index is 1.94. The van der Waals surface area contributed by atoms with Crippen LogP contribution in [0.25, 0.3) is 0 Å². The fraction of sp³-hybridized carbons (Fsp3) is 0.353. The zero-order valence-corrected chi connectivity index (χ0v) is 12.2. The number of nitrogens with two attached hydrogens (primary N) is 1. The van der Waals surface area contributed by atoms with Gasteiger partial charge >= 0.3 is 0 Å². The molecule has 1 atom stereocenters. The van der Waals surface area contributed by atoms with Crippen molar-refractivity contribution in [3.8, 4) is 0 Å². The lowest BCUT2D eigenvalue weighted by molar-refractivity contribution is 0.0665. The average Bonchev–Trinajstić information content (AvgIpc) is 3.01. The molecule has 4 nitrogen and oxygen atoms in total. The number of amides is 1. The van der Waals surface area contributed by atoms with E-state index in [0.717, 1.165) is 12.2 Å². The number of fused-ring (bicyclic) bond motifs is 1. The summed E-state index contributed by atoms with van der Waals surface area (Å²) in [5.41, 5.74) is 9.07. The van der Waals surface area contributed by atoms with Crippen molar-refractivity contribution in [2.24, 2.45) is 5.73 Å². The number of hydrogen-bond acceptors (Lipinski definition) is 3. The zero-order valence-electron chi connectivity index (χ0n) is 12.2. The van der Waals surface area contributed by atoms with E-state index in [-0.39, 0.29) is 11.9 Å². The van der Waals surface area contributed by atoms with Gasteiger partial charge in [0, 0.05) is 19.5 Å². The van der Waals surface area contributed by atoms with Gasteiger partial charge in [-0.25, -0.2) is 0 Å². The molecule has 2 heterocycles. The quantitative estimate of drug-likeness (QED) is 0.942. The Labute approximate surface area is 124 Å². The summed E-state index contributed by atoms with van der Waals surface area (Å²) in [5, 5.41) is 0. The number of aryl methyl sites for hydroxylation is 1. The maximum atomic E-state index is 12.8. The summed E-state index contributed by atoms with van der Waals surface area (Å²) in [7, 11) is 0. The minimum atomic E-state index is -0.0537. The molecule has 1 aliphatic heterocycles. The van der Waals surface area contributed by atoms with Gasteiger partial charge in [0.05, 0.1) is 17.9 Å². The van der Waals surface area contributed by atoms with Gasteiger partial charge < -0.3 is 15.1 Å². The van der Waals surface area contributed by atoms with Crippen molar-refractivity contribution >= 4 is 5.91 Å². The number of benzene rings is 1. The smallest absolute Gasteiger partial charge is 0.257 e. The van der Waals surface area contributed by atoms with E-state index in [1.807, 2.05) is 24.0 Å². The molecule has 0 saturated heterocycles. The summed E-state index contributed by atoms with van der Waals surface area (Å²) in [6, 6.07) is 9.94. The molecule has 0 radical (unpaired) electrons. The largest absolute Gasteiger partial charge is 0.469 e.